The van der Waals surface area contributed by atoms with Crippen molar-refractivity contribution in [2.24, 2.45) is 5.73 Å². The summed E-state index contributed by atoms with van der Waals surface area (Å²) in [6.45, 7) is 1.76. The highest BCUT2D eigenvalue weighted by Gasteiger charge is 2.18. The van der Waals surface area contributed by atoms with Gasteiger partial charge in [0.15, 0.2) is 0 Å². The molecule has 0 heterocycles. The summed E-state index contributed by atoms with van der Waals surface area (Å²) in [5, 5.41) is 8.70. The minimum atomic E-state index is -1.15. The van der Waals surface area contributed by atoms with E-state index in [1.807, 2.05) is 0 Å². The fraction of sp³-hybridized carbons (Fsp3) is 0.300. The van der Waals surface area contributed by atoms with Crippen LogP contribution in [0.2, 0.25) is 0 Å². The smallest absolute Gasteiger partial charge is 0.325 e. The van der Waals surface area contributed by atoms with Gasteiger partial charge in [-0.1, -0.05) is 19.1 Å². The number of carbonyl (C=O) groups is 1. The zero-order valence-electron chi connectivity index (χ0n) is 7.83. The first-order valence-corrected chi connectivity index (χ1v) is 4.33. The standard InChI is InChI=1S/C10H12FNO2/c1-2-6-7(9(12)10(13)14)4-3-5-8(6)11/h3-5,9H,2,12H2,1H3,(H,13,14). The lowest BCUT2D eigenvalue weighted by atomic mass is 9.99. The molecule has 0 saturated heterocycles. The molecule has 0 spiro atoms. The molecular formula is C10H12FNO2. The Bertz CT molecular complexity index is 352. The van der Waals surface area contributed by atoms with Gasteiger partial charge in [-0.05, 0) is 23.6 Å². The minimum absolute atomic E-state index is 0.347. The van der Waals surface area contributed by atoms with Gasteiger partial charge >= 0.3 is 5.97 Å². The van der Waals surface area contributed by atoms with Crippen molar-refractivity contribution in [1.29, 1.82) is 0 Å². The number of hydrogen-bond donors (Lipinski definition) is 2. The van der Waals surface area contributed by atoms with Crippen LogP contribution in [-0.4, -0.2) is 11.1 Å². The number of hydrogen-bond acceptors (Lipinski definition) is 2. The molecule has 1 aromatic carbocycles. The van der Waals surface area contributed by atoms with Gasteiger partial charge in [-0.2, -0.15) is 0 Å². The second-order valence-electron chi connectivity index (χ2n) is 2.98. The number of rotatable bonds is 3. The van der Waals surface area contributed by atoms with E-state index < -0.39 is 17.8 Å². The van der Waals surface area contributed by atoms with Crippen molar-refractivity contribution in [2.45, 2.75) is 19.4 Å². The van der Waals surface area contributed by atoms with E-state index in [0.29, 0.717) is 17.5 Å². The summed E-state index contributed by atoms with van der Waals surface area (Å²) in [6.07, 6.45) is 0.434. The van der Waals surface area contributed by atoms with Crippen molar-refractivity contribution in [3.8, 4) is 0 Å². The highest BCUT2D eigenvalue weighted by Crippen LogP contribution is 2.19. The molecule has 1 aromatic rings. The summed E-state index contributed by atoms with van der Waals surface area (Å²) < 4.78 is 13.2. The van der Waals surface area contributed by atoms with Gasteiger partial charge in [0, 0.05) is 0 Å². The maximum absolute atomic E-state index is 13.2. The molecule has 0 saturated carbocycles. The second kappa shape index (κ2) is 4.19. The van der Waals surface area contributed by atoms with Crippen molar-refractivity contribution < 1.29 is 14.3 Å². The molecular weight excluding hydrogens is 185 g/mol. The molecule has 1 unspecified atom stereocenters. The third-order valence-corrected chi connectivity index (χ3v) is 2.11. The molecule has 0 aliphatic heterocycles. The van der Waals surface area contributed by atoms with Gasteiger partial charge in [0.05, 0.1) is 0 Å². The van der Waals surface area contributed by atoms with Crippen LogP contribution in [0.4, 0.5) is 4.39 Å². The van der Waals surface area contributed by atoms with E-state index in [0.717, 1.165) is 0 Å². The Hall–Kier alpha value is -1.42. The molecule has 0 amide bonds. The highest BCUT2D eigenvalue weighted by molar-refractivity contribution is 5.75. The van der Waals surface area contributed by atoms with Gasteiger partial charge < -0.3 is 10.8 Å². The minimum Gasteiger partial charge on any atom is -0.480 e. The molecule has 0 fully saturated rings. The zero-order valence-corrected chi connectivity index (χ0v) is 7.83. The van der Waals surface area contributed by atoms with E-state index >= 15 is 0 Å². The average molecular weight is 197 g/mol. The Balaban J connectivity index is 3.20. The van der Waals surface area contributed by atoms with Crippen LogP contribution in [0, 0.1) is 5.82 Å². The predicted octanol–water partition coefficient (Wildman–Crippen LogP) is 1.47. The Kier molecular flexibility index (Phi) is 3.19. The van der Waals surface area contributed by atoms with Crippen LogP contribution in [0.3, 0.4) is 0 Å². The lowest BCUT2D eigenvalue weighted by Gasteiger charge is -2.12. The molecule has 1 rings (SSSR count). The van der Waals surface area contributed by atoms with Crippen LogP contribution >= 0.6 is 0 Å². The van der Waals surface area contributed by atoms with Crippen molar-refractivity contribution >= 4 is 5.97 Å². The summed E-state index contributed by atoms with van der Waals surface area (Å²) in [5.74, 6) is -1.55. The van der Waals surface area contributed by atoms with E-state index in [1.54, 1.807) is 13.0 Å². The number of halogens is 1. The van der Waals surface area contributed by atoms with Crippen LogP contribution in [0.5, 0.6) is 0 Å². The zero-order chi connectivity index (χ0) is 10.7. The second-order valence-corrected chi connectivity index (χ2v) is 2.98. The SMILES string of the molecule is CCc1c(F)cccc1C(N)C(=O)O. The van der Waals surface area contributed by atoms with Gasteiger partial charge in [0.25, 0.3) is 0 Å². The normalized spacial score (nSPS) is 12.5. The van der Waals surface area contributed by atoms with E-state index in [-0.39, 0.29) is 0 Å². The fourth-order valence-corrected chi connectivity index (χ4v) is 1.37. The molecule has 3 nitrogen and oxygen atoms in total. The molecule has 0 bridgehead atoms. The predicted molar refractivity (Wildman–Crippen MR) is 50.3 cm³/mol. The van der Waals surface area contributed by atoms with Crippen molar-refractivity contribution in [2.75, 3.05) is 0 Å². The number of carboxylic acid groups (broad SMARTS) is 1. The molecule has 4 heteroatoms. The van der Waals surface area contributed by atoms with E-state index in [2.05, 4.69) is 0 Å². The third kappa shape index (κ3) is 1.90. The average Bonchev–Trinajstić information content (AvgIpc) is 2.16. The molecule has 0 aliphatic carbocycles. The van der Waals surface area contributed by atoms with Crippen molar-refractivity contribution in [3.63, 3.8) is 0 Å². The highest BCUT2D eigenvalue weighted by atomic mass is 19.1. The van der Waals surface area contributed by atoms with Crippen LogP contribution in [0.25, 0.3) is 0 Å². The largest absolute Gasteiger partial charge is 0.480 e. The van der Waals surface area contributed by atoms with Crippen LogP contribution < -0.4 is 5.73 Å². The van der Waals surface area contributed by atoms with Crippen LogP contribution in [0.15, 0.2) is 18.2 Å². The van der Waals surface area contributed by atoms with E-state index in [1.165, 1.54) is 12.1 Å². The summed E-state index contributed by atoms with van der Waals surface area (Å²) in [5.41, 5.74) is 6.14. The summed E-state index contributed by atoms with van der Waals surface area (Å²) in [6, 6.07) is 3.16. The number of nitrogens with two attached hydrogens (primary N) is 1. The van der Waals surface area contributed by atoms with Crippen LogP contribution in [0.1, 0.15) is 24.1 Å². The van der Waals surface area contributed by atoms with Gasteiger partial charge in [-0.25, -0.2) is 4.39 Å². The molecule has 3 N–H and O–H groups in total. The van der Waals surface area contributed by atoms with E-state index in [4.69, 9.17) is 10.8 Å². The summed E-state index contributed by atoms with van der Waals surface area (Å²) in [4.78, 5) is 10.6. The molecule has 1 atom stereocenters. The Morgan fingerprint density at radius 1 is 1.64 bits per heavy atom. The molecule has 76 valence electrons. The first kappa shape index (κ1) is 10.7. The third-order valence-electron chi connectivity index (χ3n) is 2.11. The van der Waals surface area contributed by atoms with Gasteiger partial charge in [0.2, 0.25) is 0 Å². The van der Waals surface area contributed by atoms with Gasteiger partial charge in [-0.15, -0.1) is 0 Å². The van der Waals surface area contributed by atoms with Gasteiger partial charge in [0.1, 0.15) is 11.9 Å². The summed E-state index contributed by atoms with van der Waals surface area (Å²) >= 11 is 0. The lowest BCUT2D eigenvalue weighted by Crippen LogP contribution is -2.22. The summed E-state index contributed by atoms with van der Waals surface area (Å²) in [7, 11) is 0. The Morgan fingerprint density at radius 2 is 2.29 bits per heavy atom. The fourth-order valence-electron chi connectivity index (χ4n) is 1.37. The first-order valence-electron chi connectivity index (χ1n) is 4.33. The first-order chi connectivity index (χ1) is 6.57. The van der Waals surface area contributed by atoms with Crippen molar-refractivity contribution in [3.05, 3.63) is 35.1 Å². The molecule has 0 aliphatic rings. The monoisotopic (exact) mass is 197 g/mol. The lowest BCUT2D eigenvalue weighted by molar-refractivity contribution is -0.138. The van der Waals surface area contributed by atoms with Crippen LogP contribution in [-0.2, 0) is 11.2 Å². The number of carboxylic acids is 1. The molecule has 14 heavy (non-hydrogen) atoms. The number of aliphatic carboxylic acids is 1. The number of benzene rings is 1. The Morgan fingerprint density at radius 3 is 2.79 bits per heavy atom. The quantitative estimate of drug-likeness (QED) is 0.771. The van der Waals surface area contributed by atoms with Gasteiger partial charge in [-0.3, -0.25) is 4.79 Å². The molecule has 0 aromatic heterocycles. The topological polar surface area (TPSA) is 63.3 Å². The maximum Gasteiger partial charge on any atom is 0.325 e. The van der Waals surface area contributed by atoms with Crippen molar-refractivity contribution in [1.82, 2.24) is 0 Å². The van der Waals surface area contributed by atoms with E-state index in [9.17, 15) is 9.18 Å². The Labute approximate surface area is 81.4 Å². The molecule has 0 radical (unpaired) electrons. The maximum atomic E-state index is 13.2.